The van der Waals surface area contributed by atoms with Crippen molar-refractivity contribution in [1.82, 2.24) is 4.57 Å². The number of fused-ring (bicyclic) bond motifs is 1. The van der Waals surface area contributed by atoms with E-state index < -0.39 is 0 Å². The van der Waals surface area contributed by atoms with Crippen LogP contribution in [0.25, 0.3) is 10.2 Å². The van der Waals surface area contributed by atoms with Crippen molar-refractivity contribution < 1.29 is 14.3 Å². The second-order valence-electron chi connectivity index (χ2n) is 6.22. The van der Waals surface area contributed by atoms with Gasteiger partial charge in [-0.3, -0.25) is 4.79 Å². The predicted molar refractivity (Wildman–Crippen MR) is 104 cm³/mol. The highest BCUT2D eigenvalue weighted by Gasteiger charge is 2.11. The number of nitrogens with zero attached hydrogens (tertiary/aromatic N) is 2. The van der Waals surface area contributed by atoms with Gasteiger partial charge in [-0.1, -0.05) is 29.5 Å². The van der Waals surface area contributed by atoms with Crippen LogP contribution in [0.4, 0.5) is 0 Å². The minimum atomic E-state index is -0.158. The Morgan fingerprint density at radius 3 is 2.42 bits per heavy atom. The molecule has 0 atom stereocenters. The second kappa shape index (κ2) is 7.33. The molecule has 3 rings (SSSR count). The molecule has 0 aliphatic carbocycles. The molecule has 0 saturated carbocycles. The predicted octanol–water partition coefficient (Wildman–Crippen LogP) is 3.54. The first-order valence-corrected chi connectivity index (χ1v) is 9.10. The molecule has 1 amide bonds. The molecule has 1 heterocycles. The fourth-order valence-electron chi connectivity index (χ4n) is 2.80. The zero-order valence-corrected chi connectivity index (χ0v) is 16.4. The lowest BCUT2D eigenvalue weighted by atomic mass is 10.0. The number of aryl methyl sites for hydroxylation is 3. The summed E-state index contributed by atoms with van der Waals surface area (Å²) in [4.78, 5) is 17.4. The topological polar surface area (TPSA) is 52.8 Å². The van der Waals surface area contributed by atoms with Crippen LogP contribution in [0.5, 0.6) is 11.5 Å². The summed E-state index contributed by atoms with van der Waals surface area (Å²) in [6.07, 6.45) is 0.294. The lowest BCUT2D eigenvalue weighted by Crippen LogP contribution is -2.14. The number of carbonyl (C=O) groups excluding carboxylic acids is 1. The van der Waals surface area contributed by atoms with Gasteiger partial charge in [0, 0.05) is 19.2 Å². The van der Waals surface area contributed by atoms with Crippen LogP contribution in [-0.2, 0) is 18.3 Å². The summed E-state index contributed by atoms with van der Waals surface area (Å²) in [6, 6.07) is 9.87. The van der Waals surface area contributed by atoms with Gasteiger partial charge in [0.15, 0.2) is 16.3 Å². The van der Waals surface area contributed by atoms with Crippen LogP contribution in [0.2, 0.25) is 0 Å². The Bertz CT molecular complexity index is 1050. The summed E-state index contributed by atoms with van der Waals surface area (Å²) < 4.78 is 13.6. The van der Waals surface area contributed by atoms with Crippen LogP contribution in [0.3, 0.4) is 0 Å². The Morgan fingerprint density at radius 2 is 1.77 bits per heavy atom. The summed E-state index contributed by atoms with van der Waals surface area (Å²) in [7, 11) is 5.11. The summed E-state index contributed by atoms with van der Waals surface area (Å²) in [6.45, 7) is 4.11. The van der Waals surface area contributed by atoms with Crippen LogP contribution in [0.15, 0.2) is 35.3 Å². The molecule has 26 heavy (non-hydrogen) atoms. The summed E-state index contributed by atoms with van der Waals surface area (Å²) >= 11 is 1.46. The summed E-state index contributed by atoms with van der Waals surface area (Å²) in [5.74, 6) is 1.16. The minimum absolute atomic E-state index is 0.158. The Labute approximate surface area is 156 Å². The lowest BCUT2D eigenvalue weighted by molar-refractivity contribution is -0.117. The number of ether oxygens (including phenoxy) is 2. The van der Waals surface area contributed by atoms with Gasteiger partial charge in [-0.15, -0.1) is 0 Å². The summed E-state index contributed by atoms with van der Waals surface area (Å²) in [5.41, 5.74) is 4.33. The van der Waals surface area contributed by atoms with E-state index in [-0.39, 0.29) is 5.91 Å². The van der Waals surface area contributed by atoms with E-state index in [1.165, 1.54) is 22.5 Å². The molecule has 1 aromatic heterocycles. The third-order valence-corrected chi connectivity index (χ3v) is 5.56. The van der Waals surface area contributed by atoms with Crippen molar-refractivity contribution in [3.63, 3.8) is 0 Å². The molecule has 3 aromatic rings. The van der Waals surface area contributed by atoms with E-state index in [4.69, 9.17) is 9.47 Å². The van der Waals surface area contributed by atoms with Crippen molar-refractivity contribution >= 4 is 27.5 Å². The highest BCUT2D eigenvalue weighted by atomic mass is 32.1. The number of rotatable bonds is 4. The number of amides is 1. The van der Waals surface area contributed by atoms with Gasteiger partial charge in [-0.2, -0.15) is 4.99 Å². The third kappa shape index (κ3) is 3.51. The molecular formula is C20H22N2O3S. The van der Waals surface area contributed by atoms with E-state index in [1.807, 2.05) is 48.9 Å². The van der Waals surface area contributed by atoms with Crippen molar-refractivity contribution in [2.45, 2.75) is 20.3 Å². The van der Waals surface area contributed by atoms with Crippen LogP contribution in [0.1, 0.15) is 16.7 Å². The van der Waals surface area contributed by atoms with E-state index in [1.54, 1.807) is 14.2 Å². The van der Waals surface area contributed by atoms with E-state index in [0.29, 0.717) is 22.7 Å². The quantitative estimate of drug-likeness (QED) is 0.706. The van der Waals surface area contributed by atoms with Gasteiger partial charge in [0.1, 0.15) is 0 Å². The van der Waals surface area contributed by atoms with Crippen LogP contribution >= 0.6 is 11.3 Å². The number of thiazole rings is 1. The number of benzene rings is 2. The molecule has 0 spiro atoms. The first-order valence-electron chi connectivity index (χ1n) is 8.28. The van der Waals surface area contributed by atoms with Crippen LogP contribution in [-0.4, -0.2) is 24.7 Å². The number of hydrogen-bond acceptors (Lipinski definition) is 4. The average Bonchev–Trinajstić information content (AvgIpc) is 2.91. The van der Waals surface area contributed by atoms with Gasteiger partial charge < -0.3 is 14.0 Å². The lowest BCUT2D eigenvalue weighted by Gasteiger charge is -2.07. The monoisotopic (exact) mass is 370 g/mol. The average molecular weight is 370 g/mol. The van der Waals surface area contributed by atoms with E-state index in [2.05, 4.69) is 11.9 Å². The minimum Gasteiger partial charge on any atom is -0.493 e. The fraction of sp³-hybridized carbons (Fsp3) is 0.300. The van der Waals surface area contributed by atoms with E-state index in [9.17, 15) is 4.79 Å². The number of hydrogen-bond donors (Lipinski definition) is 0. The molecule has 0 radical (unpaired) electrons. The highest BCUT2D eigenvalue weighted by Crippen LogP contribution is 2.33. The molecule has 0 saturated heterocycles. The van der Waals surface area contributed by atoms with E-state index in [0.717, 1.165) is 15.8 Å². The van der Waals surface area contributed by atoms with Crippen molar-refractivity contribution in [3.05, 3.63) is 51.8 Å². The van der Waals surface area contributed by atoms with Crippen LogP contribution < -0.4 is 14.3 Å². The molecule has 0 bridgehead atoms. The maximum Gasteiger partial charge on any atom is 0.252 e. The van der Waals surface area contributed by atoms with Gasteiger partial charge in [0.25, 0.3) is 5.91 Å². The maximum atomic E-state index is 12.4. The largest absolute Gasteiger partial charge is 0.493 e. The van der Waals surface area contributed by atoms with Gasteiger partial charge in [0.2, 0.25) is 0 Å². The zero-order chi connectivity index (χ0) is 18.8. The molecule has 0 aliphatic heterocycles. The summed E-state index contributed by atoms with van der Waals surface area (Å²) in [5, 5.41) is 0. The van der Waals surface area contributed by atoms with Gasteiger partial charge >= 0.3 is 0 Å². The Balaban J connectivity index is 1.97. The molecule has 6 heteroatoms. The SMILES string of the molecule is COc1cc2sc(=NC(=O)Cc3ccc(C)c(C)c3)n(C)c2cc1OC. The van der Waals surface area contributed by atoms with Gasteiger partial charge in [0.05, 0.1) is 30.9 Å². The van der Waals surface area contributed by atoms with Gasteiger partial charge in [-0.25, -0.2) is 0 Å². The normalized spacial score (nSPS) is 11.8. The second-order valence-corrected chi connectivity index (χ2v) is 7.23. The fourth-order valence-corrected chi connectivity index (χ4v) is 3.84. The van der Waals surface area contributed by atoms with E-state index >= 15 is 0 Å². The van der Waals surface area contributed by atoms with Gasteiger partial charge in [-0.05, 0) is 30.5 Å². The molecule has 2 aromatic carbocycles. The third-order valence-electron chi connectivity index (χ3n) is 4.46. The van der Waals surface area contributed by atoms with Crippen molar-refractivity contribution in [2.75, 3.05) is 14.2 Å². The maximum absolute atomic E-state index is 12.4. The Morgan fingerprint density at radius 1 is 1.08 bits per heavy atom. The molecular weight excluding hydrogens is 348 g/mol. The van der Waals surface area contributed by atoms with Crippen molar-refractivity contribution in [1.29, 1.82) is 0 Å². The molecule has 0 fully saturated rings. The number of aromatic nitrogens is 1. The highest BCUT2D eigenvalue weighted by molar-refractivity contribution is 7.16. The first kappa shape index (κ1) is 18.2. The standard InChI is InChI=1S/C20H22N2O3S/c1-12-6-7-14(8-13(12)2)9-19(23)21-20-22(3)15-10-16(24-4)17(25-5)11-18(15)26-20/h6-8,10-11H,9H2,1-5H3. The number of carbonyl (C=O) groups is 1. The molecule has 0 unspecified atom stereocenters. The zero-order valence-electron chi connectivity index (χ0n) is 15.6. The van der Waals surface area contributed by atoms with Crippen LogP contribution in [0, 0.1) is 13.8 Å². The number of methoxy groups -OCH3 is 2. The first-order chi connectivity index (χ1) is 12.4. The smallest absolute Gasteiger partial charge is 0.252 e. The Kier molecular flexibility index (Phi) is 5.13. The molecule has 0 N–H and O–H groups in total. The van der Waals surface area contributed by atoms with Crippen molar-refractivity contribution in [2.24, 2.45) is 12.0 Å². The van der Waals surface area contributed by atoms with Crippen molar-refractivity contribution in [3.8, 4) is 11.5 Å². The molecule has 5 nitrogen and oxygen atoms in total. The molecule has 136 valence electrons. The molecule has 0 aliphatic rings. The Hall–Kier alpha value is -2.60.